The van der Waals surface area contributed by atoms with Crippen molar-refractivity contribution in [1.82, 2.24) is 9.88 Å². The van der Waals surface area contributed by atoms with Crippen LogP contribution in [0.2, 0.25) is 0 Å². The number of aromatic nitrogens is 1. The molecule has 0 saturated carbocycles. The molecule has 1 rings (SSSR count). The normalized spacial score (nSPS) is 12.7. The van der Waals surface area contributed by atoms with E-state index in [-0.39, 0.29) is 12.5 Å². The number of carbonyl (C=O) groups is 1. The molecule has 1 atom stereocenters. The number of carbonyl (C=O) groups excluding carboxylic acids is 1. The Morgan fingerprint density at radius 3 is 2.68 bits per heavy atom. The van der Waals surface area contributed by atoms with E-state index in [1.807, 2.05) is 13.2 Å². The van der Waals surface area contributed by atoms with Gasteiger partial charge in [-0.1, -0.05) is 13.8 Å². The number of rotatable bonds is 7. The standard InChI is InChI=1S/C14H23BrN2O2/c1-10(2)6-11(4-5-18)8-16-14(19)13-7-12(15)9-17(13)3/h7,9-11,18H,4-6,8H2,1-3H3,(H,16,19). The molecule has 1 unspecified atom stereocenters. The average molecular weight is 331 g/mol. The van der Waals surface area contributed by atoms with Crippen molar-refractivity contribution in [3.05, 3.63) is 22.4 Å². The SMILES string of the molecule is CC(C)CC(CCO)CNC(=O)c1cc(Br)cn1C. The lowest BCUT2D eigenvalue weighted by molar-refractivity contribution is 0.0933. The van der Waals surface area contributed by atoms with Gasteiger partial charge in [-0.25, -0.2) is 0 Å². The Kier molecular flexibility index (Phi) is 6.58. The van der Waals surface area contributed by atoms with Crippen molar-refractivity contribution >= 4 is 21.8 Å². The summed E-state index contributed by atoms with van der Waals surface area (Å²) in [6.07, 6.45) is 3.60. The number of aliphatic hydroxyl groups is 1. The number of amides is 1. The maximum Gasteiger partial charge on any atom is 0.267 e. The van der Waals surface area contributed by atoms with E-state index in [9.17, 15) is 4.79 Å². The van der Waals surface area contributed by atoms with E-state index in [1.165, 1.54) is 0 Å². The smallest absolute Gasteiger partial charge is 0.267 e. The van der Waals surface area contributed by atoms with Crippen molar-refractivity contribution in [2.75, 3.05) is 13.2 Å². The molecule has 1 heterocycles. The number of halogens is 1. The maximum atomic E-state index is 12.1. The van der Waals surface area contributed by atoms with Gasteiger partial charge in [0, 0.05) is 30.9 Å². The van der Waals surface area contributed by atoms with Crippen molar-refractivity contribution < 1.29 is 9.90 Å². The van der Waals surface area contributed by atoms with Crippen LogP contribution >= 0.6 is 15.9 Å². The summed E-state index contributed by atoms with van der Waals surface area (Å²) in [5, 5.41) is 12.0. The van der Waals surface area contributed by atoms with Crippen molar-refractivity contribution in [3.63, 3.8) is 0 Å². The molecule has 0 aliphatic carbocycles. The van der Waals surface area contributed by atoms with Gasteiger partial charge in [0.1, 0.15) is 5.69 Å². The van der Waals surface area contributed by atoms with Crippen LogP contribution in [0.5, 0.6) is 0 Å². The van der Waals surface area contributed by atoms with E-state index >= 15 is 0 Å². The van der Waals surface area contributed by atoms with E-state index < -0.39 is 0 Å². The van der Waals surface area contributed by atoms with E-state index in [2.05, 4.69) is 35.1 Å². The van der Waals surface area contributed by atoms with Gasteiger partial charge in [-0.15, -0.1) is 0 Å². The van der Waals surface area contributed by atoms with Gasteiger partial charge in [0.05, 0.1) is 0 Å². The summed E-state index contributed by atoms with van der Waals surface area (Å²) in [5.41, 5.74) is 0.638. The van der Waals surface area contributed by atoms with Crippen LogP contribution < -0.4 is 5.32 Å². The van der Waals surface area contributed by atoms with Crippen molar-refractivity contribution in [1.29, 1.82) is 0 Å². The molecule has 0 radical (unpaired) electrons. The lowest BCUT2D eigenvalue weighted by Crippen LogP contribution is -2.31. The summed E-state index contributed by atoms with van der Waals surface area (Å²) in [4.78, 5) is 12.1. The van der Waals surface area contributed by atoms with Gasteiger partial charge in [0.2, 0.25) is 0 Å². The molecule has 0 spiro atoms. The zero-order valence-electron chi connectivity index (χ0n) is 11.8. The van der Waals surface area contributed by atoms with E-state index in [4.69, 9.17) is 5.11 Å². The molecule has 1 aromatic heterocycles. The van der Waals surface area contributed by atoms with Crippen LogP contribution in [-0.2, 0) is 7.05 Å². The van der Waals surface area contributed by atoms with Crippen LogP contribution in [0, 0.1) is 11.8 Å². The highest BCUT2D eigenvalue weighted by atomic mass is 79.9. The second-order valence-corrected chi connectivity index (χ2v) is 6.29. The summed E-state index contributed by atoms with van der Waals surface area (Å²) in [6.45, 7) is 5.09. The summed E-state index contributed by atoms with van der Waals surface area (Å²) >= 11 is 3.36. The highest BCUT2D eigenvalue weighted by molar-refractivity contribution is 9.10. The molecule has 19 heavy (non-hydrogen) atoms. The molecule has 0 aliphatic heterocycles. The van der Waals surface area contributed by atoms with Gasteiger partial charge >= 0.3 is 0 Å². The number of nitrogens with zero attached hydrogens (tertiary/aromatic N) is 1. The fourth-order valence-electron chi connectivity index (χ4n) is 2.23. The fourth-order valence-corrected chi connectivity index (χ4v) is 2.75. The third-order valence-corrected chi connectivity index (χ3v) is 3.53. The van der Waals surface area contributed by atoms with Crippen LogP contribution in [0.25, 0.3) is 0 Å². The average Bonchev–Trinajstić information content (AvgIpc) is 2.64. The van der Waals surface area contributed by atoms with Crippen molar-refractivity contribution in [3.8, 4) is 0 Å². The predicted octanol–water partition coefficient (Wildman–Crippen LogP) is 2.56. The van der Waals surface area contributed by atoms with E-state index in [0.717, 1.165) is 17.3 Å². The number of hydrogen-bond acceptors (Lipinski definition) is 2. The lowest BCUT2D eigenvalue weighted by Gasteiger charge is -2.18. The molecule has 1 amide bonds. The molecule has 5 heteroatoms. The lowest BCUT2D eigenvalue weighted by atomic mass is 9.94. The monoisotopic (exact) mass is 330 g/mol. The first-order valence-corrected chi connectivity index (χ1v) is 7.44. The molecular weight excluding hydrogens is 308 g/mol. The Morgan fingerprint density at radius 1 is 1.53 bits per heavy atom. The zero-order valence-corrected chi connectivity index (χ0v) is 13.4. The first-order valence-electron chi connectivity index (χ1n) is 6.65. The Labute approximate surface area is 123 Å². The summed E-state index contributed by atoms with van der Waals surface area (Å²) in [6, 6.07) is 1.80. The molecule has 2 N–H and O–H groups in total. The van der Waals surface area contributed by atoms with Crippen molar-refractivity contribution in [2.45, 2.75) is 26.7 Å². The van der Waals surface area contributed by atoms with Gasteiger partial charge in [-0.3, -0.25) is 4.79 Å². The van der Waals surface area contributed by atoms with Gasteiger partial charge in [0.25, 0.3) is 5.91 Å². The van der Waals surface area contributed by atoms with E-state index in [0.29, 0.717) is 24.1 Å². The van der Waals surface area contributed by atoms with Gasteiger partial charge < -0.3 is 15.0 Å². The minimum absolute atomic E-state index is 0.0695. The first-order chi connectivity index (χ1) is 8.93. The van der Waals surface area contributed by atoms with Gasteiger partial charge in [-0.2, -0.15) is 0 Å². The zero-order chi connectivity index (χ0) is 14.4. The maximum absolute atomic E-state index is 12.1. The molecule has 0 aromatic carbocycles. The molecule has 0 saturated heterocycles. The fraction of sp³-hybridized carbons (Fsp3) is 0.643. The van der Waals surface area contributed by atoms with Gasteiger partial charge in [0.15, 0.2) is 0 Å². The highest BCUT2D eigenvalue weighted by Gasteiger charge is 2.15. The Balaban J connectivity index is 2.54. The number of aliphatic hydroxyl groups excluding tert-OH is 1. The topological polar surface area (TPSA) is 54.3 Å². The Hall–Kier alpha value is -0.810. The third-order valence-electron chi connectivity index (χ3n) is 3.10. The Bertz CT molecular complexity index is 416. The summed E-state index contributed by atoms with van der Waals surface area (Å²) < 4.78 is 2.69. The molecule has 1 aromatic rings. The molecule has 4 nitrogen and oxygen atoms in total. The third kappa shape index (κ3) is 5.37. The van der Waals surface area contributed by atoms with Gasteiger partial charge in [-0.05, 0) is 46.7 Å². The number of nitrogens with one attached hydrogen (secondary N) is 1. The summed E-state index contributed by atoms with van der Waals surface area (Å²) in [7, 11) is 1.85. The Morgan fingerprint density at radius 2 is 2.21 bits per heavy atom. The quantitative estimate of drug-likeness (QED) is 0.807. The highest BCUT2D eigenvalue weighted by Crippen LogP contribution is 2.16. The second-order valence-electron chi connectivity index (χ2n) is 5.37. The second kappa shape index (κ2) is 7.70. The molecular formula is C14H23BrN2O2. The number of hydrogen-bond donors (Lipinski definition) is 2. The van der Waals surface area contributed by atoms with Crippen LogP contribution in [0.1, 0.15) is 37.2 Å². The first kappa shape index (κ1) is 16.2. The predicted molar refractivity (Wildman–Crippen MR) is 80.1 cm³/mol. The minimum atomic E-state index is -0.0695. The van der Waals surface area contributed by atoms with Crippen molar-refractivity contribution in [2.24, 2.45) is 18.9 Å². The molecule has 0 aliphatic rings. The molecule has 0 bridgehead atoms. The summed E-state index contributed by atoms with van der Waals surface area (Å²) in [5.74, 6) is 0.829. The van der Waals surface area contributed by atoms with Crippen LogP contribution in [0.3, 0.4) is 0 Å². The van der Waals surface area contributed by atoms with Crippen LogP contribution in [0.4, 0.5) is 0 Å². The molecule has 108 valence electrons. The number of aryl methyl sites for hydroxylation is 1. The van der Waals surface area contributed by atoms with E-state index in [1.54, 1.807) is 10.6 Å². The largest absolute Gasteiger partial charge is 0.396 e. The molecule has 0 fully saturated rings. The van der Waals surface area contributed by atoms with Crippen LogP contribution in [0.15, 0.2) is 16.7 Å². The van der Waals surface area contributed by atoms with Crippen LogP contribution in [-0.4, -0.2) is 28.7 Å². The minimum Gasteiger partial charge on any atom is -0.396 e.